The number of Topliss-reactive ketones (excluding diaryl/α,β-unsaturated/α-hetero) is 1. The monoisotopic (exact) mass is 206 g/mol. The summed E-state index contributed by atoms with van der Waals surface area (Å²) in [5, 5.41) is 0. The Hall–Kier alpha value is -1.22. The van der Waals surface area contributed by atoms with Crippen LogP contribution in [0.5, 0.6) is 0 Å². The summed E-state index contributed by atoms with van der Waals surface area (Å²) in [6, 6.07) is 3.76. The van der Waals surface area contributed by atoms with Gasteiger partial charge >= 0.3 is 0 Å². The molecule has 3 nitrogen and oxygen atoms in total. The minimum absolute atomic E-state index is 0.279. The van der Waals surface area contributed by atoms with Crippen molar-refractivity contribution in [3.05, 3.63) is 30.1 Å². The van der Waals surface area contributed by atoms with Crippen LogP contribution in [-0.4, -0.2) is 17.3 Å². The van der Waals surface area contributed by atoms with Gasteiger partial charge in [-0.1, -0.05) is 6.92 Å². The molecule has 0 amide bonds. The van der Waals surface area contributed by atoms with Crippen molar-refractivity contribution in [2.24, 2.45) is 11.7 Å². The average molecular weight is 206 g/mol. The van der Waals surface area contributed by atoms with Crippen molar-refractivity contribution in [1.29, 1.82) is 0 Å². The van der Waals surface area contributed by atoms with E-state index in [0.717, 1.165) is 12.0 Å². The van der Waals surface area contributed by atoms with E-state index in [4.69, 9.17) is 5.73 Å². The van der Waals surface area contributed by atoms with Crippen LogP contribution in [0.25, 0.3) is 0 Å². The first-order valence-corrected chi connectivity index (χ1v) is 5.33. The molecule has 1 aromatic rings. The van der Waals surface area contributed by atoms with Gasteiger partial charge in [0, 0.05) is 25.2 Å². The maximum atomic E-state index is 11.6. The molecule has 1 heterocycles. The Morgan fingerprint density at radius 1 is 1.47 bits per heavy atom. The number of aromatic nitrogens is 1. The van der Waals surface area contributed by atoms with Crippen molar-refractivity contribution < 1.29 is 4.79 Å². The van der Waals surface area contributed by atoms with Crippen LogP contribution in [0.3, 0.4) is 0 Å². The number of carbonyl (C=O) groups excluding carboxylic acids is 1. The number of carbonyl (C=O) groups is 1. The largest absolute Gasteiger partial charge is 0.330 e. The van der Waals surface area contributed by atoms with Gasteiger partial charge in [0.15, 0.2) is 0 Å². The number of rotatable bonds is 6. The second-order valence-electron chi connectivity index (χ2n) is 3.95. The van der Waals surface area contributed by atoms with E-state index < -0.39 is 0 Å². The zero-order valence-electron chi connectivity index (χ0n) is 9.15. The van der Waals surface area contributed by atoms with E-state index in [1.165, 1.54) is 0 Å². The molecule has 1 aromatic heterocycles. The van der Waals surface area contributed by atoms with E-state index in [1.807, 2.05) is 12.1 Å². The predicted molar refractivity (Wildman–Crippen MR) is 60.4 cm³/mol. The Kier molecular flexibility index (Phi) is 4.98. The molecule has 0 fully saturated rings. The van der Waals surface area contributed by atoms with E-state index in [2.05, 4.69) is 11.9 Å². The molecule has 0 aliphatic rings. The summed E-state index contributed by atoms with van der Waals surface area (Å²) in [4.78, 5) is 15.5. The minimum atomic E-state index is 0.279. The fraction of sp³-hybridized carbons (Fsp3) is 0.500. The highest BCUT2D eigenvalue weighted by molar-refractivity contribution is 5.80. The molecule has 0 saturated heterocycles. The quantitative estimate of drug-likeness (QED) is 0.768. The lowest BCUT2D eigenvalue weighted by Crippen LogP contribution is -2.13. The number of hydrogen-bond donors (Lipinski definition) is 1. The molecular weight excluding hydrogens is 188 g/mol. The predicted octanol–water partition coefficient (Wildman–Crippen LogP) is 1.57. The topological polar surface area (TPSA) is 56.0 Å². The molecule has 15 heavy (non-hydrogen) atoms. The molecule has 0 aliphatic carbocycles. The maximum Gasteiger partial charge on any atom is 0.137 e. The highest BCUT2D eigenvalue weighted by Gasteiger charge is 2.06. The molecule has 0 spiro atoms. The molecule has 0 aliphatic heterocycles. The van der Waals surface area contributed by atoms with E-state index >= 15 is 0 Å². The van der Waals surface area contributed by atoms with Crippen molar-refractivity contribution in [1.82, 2.24) is 4.98 Å². The molecule has 2 N–H and O–H groups in total. The SMILES string of the molecule is CC(CN)CCC(=O)Cc1ccncc1. The normalized spacial score (nSPS) is 12.4. The van der Waals surface area contributed by atoms with Crippen LogP contribution in [0, 0.1) is 5.92 Å². The zero-order valence-corrected chi connectivity index (χ0v) is 9.15. The number of ketones is 1. The standard InChI is InChI=1S/C12H18N2O/c1-10(9-13)2-3-12(15)8-11-4-6-14-7-5-11/h4-7,10H,2-3,8-9,13H2,1H3. The lowest BCUT2D eigenvalue weighted by Gasteiger charge is -2.06. The van der Waals surface area contributed by atoms with Crippen molar-refractivity contribution in [3.63, 3.8) is 0 Å². The third-order valence-corrected chi connectivity index (χ3v) is 2.47. The fourth-order valence-corrected chi connectivity index (χ4v) is 1.34. The number of nitrogens with two attached hydrogens (primary N) is 1. The zero-order chi connectivity index (χ0) is 11.1. The van der Waals surface area contributed by atoms with Crippen LogP contribution < -0.4 is 5.73 Å². The van der Waals surface area contributed by atoms with Crippen molar-refractivity contribution >= 4 is 5.78 Å². The maximum absolute atomic E-state index is 11.6. The van der Waals surface area contributed by atoms with Crippen molar-refractivity contribution in [2.75, 3.05) is 6.54 Å². The number of pyridine rings is 1. The van der Waals surface area contributed by atoms with Crippen LogP contribution in [0.2, 0.25) is 0 Å². The van der Waals surface area contributed by atoms with Crippen molar-refractivity contribution in [2.45, 2.75) is 26.2 Å². The van der Waals surface area contributed by atoms with Gasteiger partial charge in [0.25, 0.3) is 0 Å². The molecule has 0 aromatic carbocycles. The number of hydrogen-bond acceptors (Lipinski definition) is 3. The summed E-state index contributed by atoms with van der Waals surface area (Å²) in [6.45, 7) is 2.72. The molecule has 0 saturated carbocycles. The van der Waals surface area contributed by atoms with E-state index in [9.17, 15) is 4.79 Å². The van der Waals surface area contributed by atoms with E-state index in [0.29, 0.717) is 25.3 Å². The molecular formula is C12H18N2O. The average Bonchev–Trinajstić information content (AvgIpc) is 2.27. The minimum Gasteiger partial charge on any atom is -0.330 e. The molecule has 0 bridgehead atoms. The fourth-order valence-electron chi connectivity index (χ4n) is 1.34. The van der Waals surface area contributed by atoms with Gasteiger partial charge in [-0.05, 0) is 36.6 Å². The summed E-state index contributed by atoms with van der Waals surface area (Å²) >= 11 is 0. The van der Waals surface area contributed by atoms with E-state index in [-0.39, 0.29) is 5.78 Å². The van der Waals surface area contributed by atoms with Gasteiger partial charge < -0.3 is 5.73 Å². The van der Waals surface area contributed by atoms with Gasteiger partial charge in [-0.2, -0.15) is 0 Å². The Labute approximate surface area is 90.7 Å². The van der Waals surface area contributed by atoms with Gasteiger partial charge in [0.1, 0.15) is 5.78 Å². The first-order chi connectivity index (χ1) is 7.22. The Morgan fingerprint density at radius 2 is 2.13 bits per heavy atom. The second-order valence-corrected chi connectivity index (χ2v) is 3.95. The third-order valence-electron chi connectivity index (χ3n) is 2.47. The van der Waals surface area contributed by atoms with Gasteiger partial charge in [-0.25, -0.2) is 0 Å². The van der Waals surface area contributed by atoms with Gasteiger partial charge in [0.2, 0.25) is 0 Å². The van der Waals surface area contributed by atoms with Crippen LogP contribution in [0.1, 0.15) is 25.3 Å². The molecule has 0 radical (unpaired) electrons. The molecule has 1 rings (SSSR count). The molecule has 1 atom stereocenters. The van der Waals surface area contributed by atoms with Gasteiger partial charge in [0.05, 0.1) is 0 Å². The van der Waals surface area contributed by atoms with Gasteiger partial charge in [-0.3, -0.25) is 9.78 Å². The number of nitrogens with zero attached hydrogens (tertiary/aromatic N) is 1. The Morgan fingerprint density at radius 3 is 2.73 bits per heavy atom. The smallest absolute Gasteiger partial charge is 0.137 e. The first kappa shape index (κ1) is 11.9. The Bertz CT molecular complexity index is 298. The van der Waals surface area contributed by atoms with Crippen molar-refractivity contribution in [3.8, 4) is 0 Å². The highest BCUT2D eigenvalue weighted by Crippen LogP contribution is 2.07. The van der Waals surface area contributed by atoms with Crippen LogP contribution in [-0.2, 0) is 11.2 Å². The summed E-state index contributed by atoms with van der Waals surface area (Å²) in [7, 11) is 0. The lowest BCUT2D eigenvalue weighted by molar-refractivity contribution is -0.118. The Balaban J connectivity index is 2.31. The highest BCUT2D eigenvalue weighted by atomic mass is 16.1. The summed E-state index contributed by atoms with van der Waals surface area (Å²) in [5.74, 6) is 0.716. The summed E-state index contributed by atoms with van der Waals surface area (Å²) < 4.78 is 0. The van der Waals surface area contributed by atoms with Crippen LogP contribution in [0.4, 0.5) is 0 Å². The molecule has 82 valence electrons. The molecule has 3 heteroatoms. The lowest BCUT2D eigenvalue weighted by atomic mass is 10.0. The molecule has 1 unspecified atom stereocenters. The summed E-state index contributed by atoms with van der Waals surface area (Å²) in [6.07, 6.45) is 5.46. The van der Waals surface area contributed by atoms with E-state index in [1.54, 1.807) is 12.4 Å². The third kappa shape index (κ3) is 4.70. The second kappa shape index (κ2) is 6.30. The van der Waals surface area contributed by atoms with Gasteiger partial charge in [-0.15, -0.1) is 0 Å². The summed E-state index contributed by atoms with van der Waals surface area (Å²) in [5.41, 5.74) is 6.53. The van der Waals surface area contributed by atoms with Crippen LogP contribution >= 0.6 is 0 Å². The van der Waals surface area contributed by atoms with Crippen LogP contribution in [0.15, 0.2) is 24.5 Å². The first-order valence-electron chi connectivity index (χ1n) is 5.33.